The molecule has 0 aliphatic rings. The van der Waals surface area contributed by atoms with Crippen molar-refractivity contribution in [2.75, 3.05) is 11.1 Å². The standard InChI is InChI=1S/C13H9N5/c14-6-9-1-3-12(5-10(9)7-15)18-13-4-2-11(16)8-17-13/h1-5,8H,16H2,(H,17,18). The number of nitrogen functional groups attached to an aromatic ring is 1. The lowest BCUT2D eigenvalue weighted by Crippen LogP contribution is -1.95. The van der Waals surface area contributed by atoms with Crippen molar-refractivity contribution in [3.05, 3.63) is 47.7 Å². The lowest BCUT2D eigenvalue weighted by Gasteiger charge is -2.06. The van der Waals surface area contributed by atoms with Gasteiger partial charge in [-0.3, -0.25) is 0 Å². The molecule has 0 bridgehead atoms. The van der Waals surface area contributed by atoms with Gasteiger partial charge in [0.1, 0.15) is 18.0 Å². The van der Waals surface area contributed by atoms with Crippen molar-refractivity contribution in [3.8, 4) is 12.1 Å². The third-order valence-corrected chi connectivity index (χ3v) is 2.32. The van der Waals surface area contributed by atoms with Crippen LogP contribution in [0.2, 0.25) is 0 Å². The van der Waals surface area contributed by atoms with Crippen molar-refractivity contribution < 1.29 is 0 Å². The van der Waals surface area contributed by atoms with Crippen molar-refractivity contribution >= 4 is 17.2 Å². The van der Waals surface area contributed by atoms with E-state index in [9.17, 15) is 0 Å². The van der Waals surface area contributed by atoms with Gasteiger partial charge in [-0.05, 0) is 30.3 Å². The first-order chi connectivity index (χ1) is 8.72. The van der Waals surface area contributed by atoms with Gasteiger partial charge in [-0.2, -0.15) is 10.5 Å². The molecule has 0 spiro atoms. The van der Waals surface area contributed by atoms with Crippen molar-refractivity contribution in [2.24, 2.45) is 0 Å². The van der Waals surface area contributed by atoms with Crippen LogP contribution in [0.3, 0.4) is 0 Å². The number of pyridine rings is 1. The second-order valence-electron chi connectivity index (χ2n) is 3.59. The number of hydrogen-bond acceptors (Lipinski definition) is 5. The SMILES string of the molecule is N#Cc1ccc(Nc2ccc(N)cn2)cc1C#N. The second-order valence-corrected chi connectivity index (χ2v) is 3.59. The predicted molar refractivity (Wildman–Crippen MR) is 67.8 cm³/mol. The van der Waals surface area contributed by atoms with Gasteiger partial charge in [0.2, 0.25) is 0 Å². The highest BCUT2D eigenvalue weighted by Gasteiger charge is 2.03. The number of nitrogens with two attached hydrogens (primary N) is 1. The van der Waals surface area contributed by atoms with Crippen LogP contribution in [0.4, 0.5) is 17.2 Å². The zero-order valence-electron chi connectivity index (χ0n) is 9.38. The first-order valence-corrected chi connectivity index (χ1v) is 5.16. The van der Waals surface area contributed by atoms with E-state index >= 15 is 0 Å². The quantitative estimate of drug-likeness (QED) is 0.830. The summed E-state index contributed by atoms with van der Waals surface area (Å²) in [5.41, 5.74) is 7.50. The first kappa shape index (κ1) is 11.4. The Morgan fingerprint density at radius 2 is 1.83 bits per heavy atom. The van der Waals surface area contributed by atoms with E-state index in [4.69, 9.17) is 16.3 Å². The molecule has 2 aromatic rings. The highest BCUT2D eigenvalue weighted by molar-refractivity contribution is 5.62. The Balaban J connectivity index is 2.28. The largest absolute Gasteiger partial charge is 0.397 e. The van der Waals surface area contributed by atoms with E-state index in [1.807, 2.05) is 12.1 Å². The molecule has 0 saturated heterocycles. The van der Waals surface area contributed by atoms with Crippen LogP contribution in [0.1, 0.15) is 11.1 Å². The van der Waals surface area contributed by atoms with Gasteiger partial charge in [0.05, 0.1) is 23.0 Å². The molecular weight excluding hydrogens is 226 g/mol. The topological polar surface area (TPSA) is 98.5 Å². The summed E-state index contributed by atoms with van der Waals surface area (Å²) in [6.07, 6.45) is 1.54. The van der Waals surface area contributed by atoms with Crippen molar-refractivity contribution in [3.63, 3.8) is 0 Å². The van der Waals surface area contributed by atoms with Crippen LogP contribution in [0, 0.1) is 22.7 Å². The Morgan fingerprint density at radius 3 is 2.44 bits per heavy atom. The molecule has 0 radical (unpaired) electrons. The van der Waals surface area contributed by atoms with Gasteiger partial charge < -0.3 is 11.1 Å². The monoisotopic (exact) mass is 235 g/mol. The highest BCUT2D eigenvalue weighted by atomic mass is 15.0. The molecule has 2 rings (SSSR count). The van der Waals surface area contributed by atoms with E-state index < -0.39 is 0 Å². The molecule has 0 atom stereocenters. The number of nitrogens with one attached hydrogen (secondary N) is 1. The van der Waals surface area contributed by atoms with Crippen molar-refractivity contribution in [2.45, 2.75) is 0 Å². The van der Waals surface area contributed by atoms with Crippen LogP contribution >= 0.6 is 0 Å². The third-order valence-electron chi connectivity index (χ3n) is 2.32. The summed E-state index contributed by atoms with van der Waals surface area (Å²) in [6.45, 7) is 0. The minimum Gasteiger partial charge on any atom is -0.397 e. The van der Waals surface area contributed by atoms with Crippen LogP contribution < -0.4 is 11.1 Å². The van der Waals surface area contributed by atoms with Crippen molar-refractivity contribution in [1.29, 1.82) is 10.5 Å². The van der Waals surface area contributed by atoms with E-state index in [2.05, 4.69) is 10.3 Å². The number of nitriles is 2. The maximum atomic E-state index is 8.92. The minimum atomic E-state index is 0.331. The van der Waals surface area contributed by atoms with E-state index in [0.717, 1.165) is 0 Å². The lowest BCUT2D eigenvalue weighted by molar-refractivity contribution is 1.31. The molecular formula is C13H9N5. The summed E-state index contributed by atoms with van der Waals surface area (Å²) in [7, 11) is 0. The molecule has 86 valence electrons. The lowest BCUT2D eigenvalue weighted by atomic mass is 10.1. The van der Waals surface area contributed by atoms with E-state index in [1.165, 1.54) is 6.20 Å². The Hall–Kier alpha value is -3.05. The fourth-order valence-electron chi connectivity index (χ4n) is 1.44. The summed E-state index contributed by atoms with van der Waals surface area (Å²) in [4.78, 5) is 4.09. The average Bonchev–Trinajstić information content (AvgIpc) is 2.41. The molecule has 0 saturated carbocycles. The zero-order valence-corrected chi connectivity index (χ0v) is 9.38. The Morgan fingerprint density at radius 1 is 1.06 bits per heavy atom. The van der Waals surface area contributed by atoms with Crippen LogP contribution in [-0.2, 0) is 0 Å². The molecule has 18 heavy (non-hydrogen) atoms. The minimum absolute atomic E-state index is 0.331. The molecule has 0 aliphatic carbocycles. The first-order valence-electron chi connectivity index (χ1n) is 5.16. The summed E-state index contributed by atoms with van der Waals surface area (Å²) in [5.74, 6) is 0.623. The molecule has 3 N–H and O–H groups in total. The summed E-state index contributed by atoms with van der Waals surface area (Å²) in [5, 5.41) is 20.8. The number of benzene rings is 1. The summed E-state index contributed by atoms with van der Waals surface area (Å²) in [6, 6.07) is 12.3. The van der Waals surface area contributed by atoms with Gasteiger partial charge in [-0.25, -0.2) is 4.98 Å². The number of anilines is 3. The van der Waals surface area contributed by atoms with Gasteiger partial charge in [0, 0.05) is 5.69 Å². The van der Waals surface area contributed by atoms with E-state index in [-0.39, 0.29) is 0 Å². The van der Waals surface area contributed by atoms with Gasteiger partial charge in [-0.15, -0.1) is 0 Å². The number of nitrogens with zero attached hydrogens (tertiary/aromatic N) is 3. The highest BCUT2D eigenvalue weighted by Crippen LogP contribution is 2.18. The second kappa shape index (κ2) is 4.86. The zero-order chi connectivity index (χ0) is 13.0. The number of rotatable bonds is 2. The molecule has 0 aliphatic heterocycles. The number of aromatic nitrogens is 1. The van der Waals surface area contributed by atoms with Crippen LogP contribution in [0.15, 0.2) is 36.5 Å². The average molecular weight is 235 g/mol. The Labute approximate surface area is 104 Å². The molecule has 1 aromatic heterocycles. The molecule has 5 nitrogen and oxygen atoms in total. The molecule has 1 heterocycles. The predicted octanol–water partition coefficient (Wildman–Crippen LogP) is 2.15. The summed E-state index contributed by atoms with van der Waals surface area (Å²) < 4.78 is 0. The maximum Gasteiger partial charge on any atom is 0.130 e. The van der Waals surface area contributed by atoms with Gasteiger partial charge in [-0.1, -0.05) is 0 Å². The van der Waals surface area contributed by atoms with E-state index in [0.29, 0.717) is 28.3 Å². The molecule has 5 heteroatoms. The van der Waals surface area contributed by atoms with Crippen LogP contribution in [-0.4, -0.2) is 4.98 Å². The van der Waals surface area contributed by atoms with Crippen LogP contribution in [0.25, 0.3) is 0 Å². The third kappa shape index (κ3) is 2.37. The summed E-state index contributed by atoms with van der Waals surface area (Å²) >= 11 is 0. The van der Waals surface area contributed by atoms with Gasteiger partial charge in [0.15, 0.2) is 0 Å². The fourth-order valence-corrected chi connectivity index (χ4v) is 1.44. The normalized spacial score (nSPS) is 9.22. The van der Waals surface area contributed by atoms with Gasteiger partial charge in [0.25, 0.3) is 0 Å². The Bertz CT molecular complexity index is 647. The Kier molecular flexibility index (Phi) is 3.08. The van der Waals surface area contributed by atoms with Gasteiger partial charge >= 0.3 is 0 Å². The molecule has 0 unspecified atom stereocenters. The van der Waals surface area contributed by atoms with Crippen LogP contribution in [0.5, 0.6) is 0 Å². The smallest absolute Gasteiger partial charge is 0.130 e. The number of hydrogen-bond donors (Lipinski definition) is 2. The molecule has 0 amide bonds. The van der Waals surface area contributed by atoms with E-state index in [1.54, 1.807) is 30.3 Å². The molecule has 0 fully saturated rings. The fraction of sp³-hybridized carbons (Fsp3) is 0. The maximum absolute atomic E-state index is 8.92. The molecule has 1 aromatic carbocycles. The van der Waals surface area contributed by atoms with Crippen molar-refractivity contribution in [1.82, 2.24) is 4.98 Å².